The van der Waals surface area contributed by atoms with E-state index >= 15 is 0 Å². The Morgan fingerprint density at radius 2 is 2.00 bits per heavy atom. The van der Waals surface area contributed by atoms with Crippen molar-refractivity contribution in [3.63, 3.8) is 0 Å². The number of ether oxygens (including phenoxy) is 1. The summed E-state index contributed by atoms with van der Waals surface area (Å²) < 4.78 is 5.30. The van der Waals surface area contributed by atoms with Crippen LogP contribution in [0.25, 0.3) is 0 Å². The van der Waals surface area contributed by atoms with E-state index in [0.29, 0.717) is 6.04 Å². The number of para-hydroxylation sites is 1. The van der Waals surface area contributed by atoms with Gasteiger partial charge in [-0.3, -0.25) is 0 Å². The second-order valence-corrected chi connectivity index (χ2v) is 3.90. The minimum Gasteiger partial charge on any atom is -0.496 e. The number of benzene rings is 1. The van der Waals surface area contributed by atoms with Crippen LogP contribution in [0.5, 0.6) is 5.75 Å². The molecule has 1 aromatic carbocycles. The number of nitrogens with two attached hydrogens (primary N) is 1. The summed E-state index contributed by atoms with van der Waals surface area (Å²) in [4.78, 5) is 0. The second kappa shape index (κ2) is 6.46. The van der Waals surface area contributed by atoms with Crippen molar-refractivity contribution in [2.24, 2.45) is 5.73 Å². The Morgan fingerprint density at radius 1 is 1.27 bits per heavy atom. The molecule has 0 aromatic heterocycles. The molecule has 1 unspecified atom stereocenters. The zero-order valence-electron chi connectivity index (χ0n) is 9.70. The summed E-state index contributed by atoms with van der Waals surface area (Å²) in [6.45, 7) is 2.17. The predicted molar refractivity (Wildman–Crippen MR) is 64.2 cm³/mol. The van der Waals surface area contributed by atoms with Crippen molar-refractivity contribution in [3.05, 3.63) is 29.8 Å². The molecular formula is C13H21NO. The van der Waals surface area contributed by atoms with Gasteiger partial charge in [0.15, 0.2) is 0 Å². The zero-order valence-corrected chi connectivity index (χ0v) is 9.70. The van der Waals surface area contributed by atoms with Gasteiger partial charge in [0, 0.05) is 6.04 Å². The molecule has 1 aromatic rings. The molecule has 0 fully saturated rings. The number of aryl methyl sites for hydroxylation is 1. The van der Waals surface area contributed by atoms with Crippen LogP contribution in [-0.4, -0.2) is 13.2 Å². The second-order valence-electron chi connectivity index (χ2n) is 3.90. The van der Waals surface area contributed by atoms with E-state index in [-0.39, 0.29) is 0 Å². The summed E-state index contributed by atoms with van der Waals surface area (Å²) in [7, 11) is 1.71. The molecule has 15 heavy (non-hydrogen) atoms. The lowest BCUT2D eigenvalue weighted by Gasteiger charge is -2.12. The normalized spacial score (nSPS) is 12.5. The molecule has 0 saturated carbocycles. The number of hydrogen-bond acceptors (Lipinski definition) is 2. The third-order valence-corrected chi connectivity index (χ3v) is 2.64. The van der Waals surface area contributed by atoms with Crippen molar-refractivity contribution in [2.45, 2.75) is 38.6 Å². The van der Waals surface area contributed by atoms with Gasteiger partial charge in [-0.15, -0.1) is 0 Å². The summed E-state index contributed by atoms with van der Waals surface area (Å²) in [5, 5.41) is 0. The molecule has 0 aliphatic rings. The Bertz CT molecular complexity index is 286. The number of methoxy groups -OCH3 is 1. The van der Waals surface area contributed by atoms with Crippen molar-refractivity contribution in [1.29, 1.82) is 0 Å². The molecule has 0 radical (unpaired) electrons. The summed E-state index contributed by atoms with van der Waals surface area (Å²) >= 11 is 0. The topological polar surface area (TPSA) is 35.2 Å². The van der Waals surface area contributed by atoms with Crippen LogP contribution in [0.1, 0.15) is 31.7 Å². The van der Waals surface area contributed by atoms with Crippen LogP contribution in [0.4, 0.5) is 0 Å². The minimum atomic E-state index is 0.319. The maximum Gasteiger partial charge on any atom is 0.122 e. The summed E-state index contributed by atoms with van der Waals surface area (Å²) in [6.07, 6.45) is 4.31. The highest BCUT2D eigenvalue weighted by molar-refractivity contribution is 5.33. The first-order valence-electron chi connectivity index (χ1n) is 5.65. The van der Waals surface area contributed by atoms with E-state index in [0.717, 1.165) is 31.4 Å². The predicted octanol–water partition coefficient (Wildman–Crippen LogP) is 2.76. The van der Waals surface area contributed by atoms with E-state index in [9.17, 15) is 0 Å². The Kier molecular flexibility index (Phi) is 5.19. The molecule has 1 atom stereocenters. The van der Waals surface area contributed by atoms with Gasteiger partial charge >= 0.3 is 0 Å². The van der Waals surface area contributed by atoms with Gasteiger partial charge in [0.1, 0.15) is 5.75 Å². The first-order valence-corrected chi connectivity index (χ1v) is 5.65. The first-order chi connectivity index (χ1) is 7.27. The van der Waals surface area contributed by atoms with Crippen molar-refractivity contribution < 1.29 is 4.74 Å². The SMILES string of the molecule is CCCC(N)CCc1ccccc1OC. The molecule has 0 aliphatic heterocycles. The van der Waals surface area contributed by atoms with Crippen molar-refractivity contribution in [2.75, 3.05) is 7.11 Å². The van der Waals surface area contributed by atoms with Gasteiger partial charge in [0.25, 0.3) is 0 Å². The highest BCUT2D eigenvalue weighted by atomic mass is 16.5. The molecule has 0 amide bonds. The molecule has 0 aliphatic carbocycles. The molecule has 0 saturated heterocycles. The fourth-order valence-electron chi connectivity index (χ4n) is 1.77. The maximum absolute atomic E-state index is 5.98. The maximum atomic E-state index is 5.98. The largest absolute Gasteiger partial charge is 0.496 e. The third-order valence-electron chi connectivity index (χ3n) is 2.64. The van der Waals surface area contributed by atoms with Crippen LogP contribution in [-0.2, 0) is 6.42 Å². The van der Waals surface area contributed by atoms with Gasteiger partial charge in [-0.1, -0.05) is 31.5 Å². The monoisotopic (exact) mass is 207 g/mol. The highest BCUT2D eigenvalue weighted by Crippen LogP contribution is 2.19. The van der Waals surface area contributed by atoms with E-state index in [2.05, 4.69) is 13.0 Å². The van der Waals surface area contributed by atoms with Gasteiger partial charge in [-0.2, -0.15) is 0 Å². The van der Waals surface area contributed by atoms with Crippen LogP contribution in [0.2, 0.25) is 0 Å². The molecule has 0 spiro atoms. The van der Waals surface area contributed by atoms with E-state index in [1.807, 2.05) is 18.2 Å². The molecule has 84 valence electrons. The Morgan fingerprint density at radius 3 is 2.67 bits per heavy atom. The van der Waals surface area contributed by atoms with Crippen molar-refractivity contribution in [1.82, 2.24) is 0 Å². The first kappa shape index (κ1) is 12.1. The Balaban J connectivity index is 2.49. The van der Waals surface area contributed by atoms with Gasteiger partial charge in [-0.25, -0.2) is 0 Å². The van der Waals surface area contributed by atoms with E-state index in [4.69, 9.17) is 10.5 Å². The van der Waals surface area contributed by atoms with Crippen molar-refractivity contribution >= 4 is 0 Å². The smallest absolute Gasteiger partial charge is 0.122 e. The number of rotatable bonds is 6. The quantitative estimate of drug-likeness (QED) is 0.778. The Labute approximate surface area is 92.4 Å². The van der Waals surface area contributed by atoms with Gasteiger partial charge in [0.05, 0.1) is 7.11 Å². The van der Waals surface area contributed by atoms with Gasteiger partial charge in [-0.05, 0) is 30.9 Å². The fourth-order valence-corrected chi connectivity index (χ4v) is 1.77. The zero-order chi connectivity index (χ0) is 11.1. The molecule has 2 nitrogen and oxygen atoms in total. The van der Waals surface area contributed by atoms with E-state index < -0.39 is 0 Å². The van der Waals surface area contributed by atoms with Gasteiger partial charge in [0.2, 0.25) is 0 Å². The third kappa shape index (κ3) is 3.92. The number of hydrogen-bond donors (Lipinski definition) is 1. The molecule has 0 bridgehead atoms. The van der Waals surface area contributed by atoms with E-state index in [1.54, 1.807) is 7.11 Å². The lowest BCUT2D eigenvalue weighted by atomic mass is 10.0. The standard InChI is InChI=1S/C13H21NO/c1-3-6-12(14)10-9-11-7-4-5-8-13(11)15-2/h4-5,7-8,12H,3,6,9-10,14H2,1-2H3. The molecular weight excluding hydrogens is 186 g/mol. The van der Waals surface area contributed by atoms with Gasteiger partial charge < -0.3 is 10.5 Å². The van der Waals surface area contributed by atoms with Crippen LogP contribution in [0.15, 0.2) is 24.3 Å². The molecule has 2 heteroatoms. The van der Waals surface area contributed by atoms with Crippen LogP contribution in [0.3, 0.4) is 0 Å². The molecule has 1 rings (SSSR count). The highest BCUT2D eigenvalue weighted by Gasteiger charge is 2.05. The fraction of sp³-hybridized carbons (Fsp3) is 0.538. The van der Waals surface area contributed by atoms with E-state index in [1.165, 1.54) is 5.56 Å². The lowest BCUT2D eigenvalue weighted by Crippen LogP contribution is -2.20. The Hall–Kier alpha value is -1.02. The van der Waals surface area contributed by atoms with Crippen molar-refractivity contribution in [3.8, 4) is 5.75 Å². The van der Waals surface area contributed by atoms with Crippen LogP contribution < -0.4 is 10.5 Å². The minimum absolute atomic E-state index is 0.319. The van der Waals surface area contributed by atoms with Crippen LogP contribution >= 0.6 is 0 Å². The van der Waals surface area contributed by atoms with Crippen LogP contribution in [0, 0.1) is 0 Å². The summed E-state index contributed by atoms with van der Waals surface area (Å²) in [5.74, 6) is 0.973. The summed E-state index contributed by atoms with van der Waals surface area (Å²) in [6, 6.07) is 8.47. The molecule has 0 heterocycles. The average molecular weight is 207 g/mol. The lowest BCUT2D eigenvalue weighted by molar-refractivity contribution is 0.408. The average Bonchev–Trinajstić information content (AvgIpc) is 2.27. The summed E-state index contributed by atoms with van der Waals surface area (Å²) in [5.41, 5.74) is 7.24. The molecule has 2 N–H and O–H groups in total.